The first-order valence-electron chi connectivity index (χ1n) is 7.04. The number of carbonyl (C=O) groups is 2. The molecule has 0 bridgehead atoms. The largest absolute Gasteiger partial charge is 0.481 e. The molecular weight excluding hydrogens is 268 g/mol. The Kier molecular flexibility index (Phi) is 5.90. The van der Waals surface area contributed by atoms with Crippen LogP contribution in [0.1, 0.15) is 45.2 Å². The average molecular weight is 292 g/mol. The first-order chi connectivity index (χ1) is 9.71. The molecule has 4 N–H and O–H groups in total. The van der Waals surface area contributed by atoms with Crippen LogP contribution in [0.2, 0.25) is 0 Å². The van der Waals surface area contributed by atoms with Gasteiger partial charge in [-0.15, -0.1) is 0 Å². The number of amides is 1. The SMILES string of the molecule is CC(C)(C)C(NC(=O)C(N)CCC(=O)O)c1ccccc1. The molecule has 21 heavy (non-hydrogen) atoms. The lowest BCUT2D eigenvalue weighted by Gasteiger charge is -2.32. The molecule has 1 aromatic carbocycles. The molecule has 5 nitrogen and oxygen atoms in total. The Morgan fingerprint density at radius 2 is 1.81 bits per heavy atom. The van der Waals surface area contributed by atoms with E-state index in [1.165, 1.54) is 0 Å². The summed E-state index contributed by atoms with van der Waals surface area (Å²) in [7, 11) is 0. The summed E-state index contributed by atoms with van der Waals surface area (Å²) in [6, 6.07) is 8.69. The maximum absolute atomic E-state index is 12.2. The molecule has 0 saturated heterocycles. The van der Waals surface area contributed by atoms with Gasteiger partial charge in [0.1, 0.15) is 0 Å². The number of carboxylic acid groups (broad SMARTS) is 1. The Balaban J connectivity index is 2.79. The zero-order valence-corrected chi connectivity index (χ0v) is 12.8. The normalized spacial score (nSPS) is 14.3. The summed E-state index contributed by atoms with van der Waals surface area (Å²) in [5.41, 5.74) is 6.59. The van der Waals surface area contributed by atoms with Gasteiger partial charge in [-0.25, -0.2) is 0 Å². The quantitative estimate of drug-likeness (QED) is 0.748. The Hall–Kier alpha value is -1.88. The minimum absolute atomic E-state index is 0.111. The summed E-state index contributed by atoms with van der Waals surface area (Å²) in [6.45, 7) is 6.11. The second-order valence-corrected chi connectivity index (χ2v) is 6.26. The van der Waals surface area contributed by atoms with Crippen LogP contribution in [0.4, 0.5) is 0 Å². The van der Waals surface area contributed by atoms with Crippen LogP contribution in [0.15, 0.2) is 30.3 Å². The summed E-state index contributed by atoms with van der Waals surface area (Å²) < 4.78 is 0. The van der Waals surface area contributed by atoms with Crippen LogP contribution in [0.3, 0.4) is 0 Å². The van der Waals surface area contributed by atoms with E-state index in [0.717, 1.165) is 5.56 Å². The number of carbonyl (C=O) groups excluding carboxylic acids is 1. The number of benzene rings is 1. The van der Waals surface area contributed by atoms with Crippen LogP contribution in [0.25, 0.3) is 0 Å². The predicted octanol–water partition coefficient (Wildman–Crippen LogP) is 2.08. The lowest BCUT2D eigenvalue weighted by Crippen LogP contribution is -2.45. The van der Waals surface area contributed by atoms with Crippen molar-refractivity contribution in [2.45, 2.75) is 45.7 Å². The van der Waals surface area contributed by atoms with Gasteiger partial charge in [0.05, 0.1) is 12.1 Å². The van der Waals surface area contributed by atoms with E-state index in [4.69, 9.17) is 10.8 Å². The van der Waals surface area contributed by atoms with Gasteiger partial charge >= 0.3 is 5.97 Å². The van der Waals surface area contributed by atoms with Gasteiger partial charge < -0.3 is 16.2 Å². The van der Waals surface area contributed by atoms with Gasteiger partial charge in [0, 0.05) is 6.42 Å². The molecule has 0 heterocycles. The second kappa shape index (κ2) is 7.22. The van der Waals surface area contributed by atoms with Crippen LogP contribution < -0.4 is 11.1 Å². The molecule has 2 unspecified atom stereocenters. The van der Waals surface area contributed by atoms with Gasteiger partial charge in [-0.1, -0.05) is 51.1 Å². The third kappa shape index (κ3) is 5.55. The van der Waals surface area contributed by atoms with Crippen molar-refractivity contribution in [3.8, 4) is 0 Å². The predicted molar refractivity (Wildman–Crippen MR) is 81.6 cm³/mol. The molecule has 0 aliphatic rings. The fraction of sp³-hybridized carbons (Fsp3) is 0.500. The van der Waals surface area contributed by atoms with Crippen molar-refractivity contribution in [3.05, 3.63) is 35.9 Å². The standard InChI is InChI=1S/C16H24N2O3/c1-16(2,3)14(11-7-5-4-6-8-11)18-15(21)12(17)9-10-13(19)20/h4-8,12,14H,9-10,17H2,1-3H3,(H,18,21)(H,19,20). The molecule has 0 fully saturated rings. The van der Waals surface area contributed by atoms with E-state index in [1.54, 1.807) is 0 Å². The number of nitrogens with two attached hydrogens (primary N) is 1. The molecule has 1 rings (SSSR count). The second-order valence-electron chi connectivity index (χ2n) is 6.26. The monoisotopic (exact) mass is 292 g/mol. The molecule has 0 radical (unpaired) electrons. The van der Waals surface area contributed by atoms with Crippen molar-refractivity contribution >= 4 is 11.9 Å². The molecular formula is C16H24N2O3. The summed E-state index contributed by atoms with van der Waals surface area (Å²) in [6.07, 6.45) is 0.0208. The maximum atomic E-state index is 12.2. The zero-order valence-electron chi connectivity index (χ0n) is 12.8. The average Bonchev–Trinajstić information content (AvgIpc) is 2.41. The molecule has 116 valence electrons. The van der Waals surface area contributed by atoms with E-state index in [0.29, 0.717) is 0 Å². The van der Waals surface area contributed by atoms with Crippen molar-refractivity contribution in [2.75, 3.05) is 0 Å². The highest BCUT2D eigenvalue weighted by Gasteiger charge is 2.29. The lowest BCUT2D eigenvalue weighted by molar-refractivity contribution is -0.137. The highest BCUT2D eigenvalue weighted by Crippen LogP contribution is 2.32. The molecule has 0 spiro atoms. The van der Waals surface area contributed by atoms with E-state index >= 15 is 0 Å². The van der Waals surface area contributed by atoms with Crippen LogP contribution >= 0.6 is 0 Å². The number of hydrogen-bond acceptors (Lipinski definition) is 3. The van der Waals surface area contributed by atoms with Gasteiger partial charge in [-0.2, -0.15) is 0 Å². The van der Waals surface area contributed by atoms with Crippen molar-refractivity contribution < 1.29 is 14.7 Å². The highest BCUT2D eigenvalue weighted by molar-refractivity contribution is 5.82. The number of nitrogens with one attached hydrogen (secondary N) is 1. The molecule has 1 aromatic rings. The van der Waals surface area contributed by atoms with Gasteiger partial charge in [-0.3, -0.25) is 9.59 Å². The first kappa shape index (κ1) is 17.2. The molecule has 5 heteroatoms. The van der Waals surface area contributed by atoms with E-state index < -0.39 is 12.0 Å². The third-order valence-corrected chi connectivity index (χ3v) is 3.29. The van der Waals surface area contributed by atoms with Crippen LogP contribution in [-0.4, -0.2) is 23.0 Å². The number of hydrogen-bond donors (Lipinski definition) is 3. The van der Waals surface area contributed by atoms with Crippen molar-refractivity contribution in [1.29, 1.82) is 0 Å². The molecule has 0 aliphatic carbocycles. The smallest absolute Gasteiger partial charge is 0.303 e. The molecule has 0 aromatic heterocycles. The van der Waals surface area contributed by atoms with Gasteiger partial charge in [-0.05, 0) is 17.4 Å². The molecule has 1 amide bonds. The van der Waals surface area contributed by atoms with Gasteiger partial charge in [0.15, 0.2) is 0 Å². The van der Waals surface area contributed by atoms with E-state index in [9.17, 15) is 9.59 Å². The fourth-order valence-electron chi connectivity index (χ4n) is 2.10. The fourth-order valence-corrected chi connectivity index (χ4v) is 2.10. The summed E-state index contributed by atoms with van der Waals surface area (Å²) >= 11 is 0. The van der Waals surface area contributed by atoms with Crippen molar-refractivity contribution in [2.24, 2.45) is 11.1 Å². The number of aliphatic carboxylic acids is 1. The van der Waals surface area contributed by atoms with Crippen molar-refractivity contribution in [1.82, 2.24) is 5.32 Å². The van der Waals surface area contributed by atoms with E-state index in [2.05, 4.69) is 5.32 Å². The Bertz CT molecular complexity index is 480. The Morgan fingerprint density at radius 3 is 2.29 bits per heavy atom. The van der Waals surface area contributed by atoms with Gasteiger partial charge in [0.25, 0.3) is 0 Å². The first-order valence-corrected chi connectivity index (χ1v) is 7.04. The maximum Gasteiger partial charge on any atom is 0.303 e. The Morgan fingerprint density at radius 1 is 1.24 bits per heavy atom. The minimum Gasteiger partial charge on any atom is -0.481 e. The summed E-state index contributed by atoms with van der Waals surface area (Å²) in [5, 5.41) is 11.6. The van der Waals surface area contributed by atoms with E-state index in [-0.39, 0.29) is 30.2 Å². The Labute approximate surface area is 125 Å². The molecule has 2 atom stereocenters. The topological polar surface area (TPSA) is 92.4 Å². The summed E-state index contributed by atoms with van der Waals surface area (Å²) in [4.78, 5) is 22.7. The molecule has 0 aliphatic heterocycles. The summed E-state index contributed by atoms with van der Waals surface area (Å²) in [5.74, 6) is -1.27. The number of carboxylic acids is 1. The van der Waals surface area contributed by atoms with Crippen molar-refractivity contribution in [3.63, 3.8) is 0 Å². The zero-order chi connectivity index (χ0) is 16.0. The van der Waals surface area contributed by atoms with Crippen LogP contribution in [0, 0.1) is 5.41 Å². The third-order valence-electron chi connectivity index (χ3n) is 3.29. The van der Waals surface area contributed by atoms with Crippen LogP contribution in [-0.2, 0) is 9.59 Å². The lowest BCUT2D eigenvalue weighted by atomic mass is 9.82. The van der Waals surface area contributed by atoms with Crippen LogP contribution in [0.5, 0.6) is 0 Å². The minimum atomic E-state index is -0.950. The molecule has 0 saturated carbocycles. The van der Waals surface area contributed by atoms with Gasteiger partial charge in [0.2, 0.25) is 5.91 Å². The highest BCUT2D eigenvalue weighted by atomic mass is 16.4. The van der Waals surface area contributed by atoms with E-state index in [1.807, 2.05) is 51.1 Å². The number of rotatable bonds is 6.